The Hall–Kier alpha value is -1.10. The minimum atomic E-state index is -0.489. The van der Waals surface area contributed by atoms with E-state index in [1.54, 1.807) is 13.8 Å². The average molecular weight is 259 g/mol. The van der Waals surface area contributed by atoms with Crippen LogP contribution < -0.4 is 11.1 Å². The van der Waals surface area contributed by atoms with E-state index in [9.17, 15) is 9.90 Å². The fraction of sp³-hybridized carbons (Fsp3) is 0.417. The van der Waals surface area contributed by atoms with E-state index >= 15 is 0 Å². The van der Waals surface area contributed by atoms with Gasteiger partial charge in [-0.2, -0.15) is 0 Å². The molecule has 0 saturated carbocycles. The molecule has 96 valence electrons. The van der Waals surface area contributed by atoms with Gasteiger partial charge < -0.3 is 16.2 Å². The Bertz CT molecular complexity index is 350. The third kappa shape index (κ3) is 5.17. The number of nitrogens with two attached hydrogens (primary N) is 1. The third-order valence-electron chi connectivity index (χ3n) is 2.34. The lowest BCUT2D eigenvalue weighted by Gasteiger charge is -2.09. The maximum Gasteiger partial charge on any atom is 0.236 e. The monoisotopic (exact) mass is 258 g/mol. The molecule has 1 rings (SSSR count). The lowest BCUT2D eigenvalue weighted by Crippen LogP contribution is -2.37. The minimum Gasteiger partial charge on any atom is -0.389 e. The molecular weight excluding hydrogens is 240 g/mol. The molecule has 0 fully saturated rings. The zero-order valence-electron chi connectivity index (χ0n) is 10.0. The van der Waals surface area contributed by atoms with Crippen LogP contribution in [0.2, 0.25) is 0 Å². The van der Waals surface area contributed by atoms with Gasteiger partial charge >= 0.3 is 0 Å². The maximum absolute atomic E-state index is 11.2. The van der Waals surface area contributed by atoms with Crippen LogP contribution >= 0.6 is 12.4 Å². The van der Waals surface area contributed by atoms with Crippen LogP contribution in [0.5, 0.6) is 0 Å². The van der Waals surface area contributed by atoms with E-state index in [1.807, 2.05) is 24.3 Å². The number of nitrogens with one attached hydrogen (secondary N) is 1. The summed E-state index contributed by atoms with van der Waals surface area (Å²) < 4.78 is 0. The maximum atomic E-state index is 11.2. The molecule has 0 aliphatic heterocycles. The van der Waals surface area contributed by atoms with Gasteiger partial charge in [0.05, 0.1) is 12.1 Å². The number of hydrogen-bond donors (Lipinski definition) is 3. The van der Waals surface area contributed by atoms with Crippen molar-refractivity contribution < 1.29 is 9.90 Å². The van der Waals surface area contributed by atoms with Crippen molar-refractivity contribution in [3.8, 4) is 0 Å². The Morgan fingerprint density at radius 3 is 2.29 bits per heavy atom. The summed E-state index contributed by atoms with van der Waals surface area (Å²) in [4.78, 5) is 11.2. The van der Waals surface area contributed by atoms with Crippen LogP contribution in [-0.2, 0) is 11.3 Å². The number of carbonyl (C=O) groups is 1. The summed E-state index contributed by atoms with van der Waals surface area (Å²) in [5.41, 5.74) is 7.27. The number of aliphatic hydroxyl groups is 1. The van der Waals surface area contributed by atoms with E-state index < -0.39 is 12.1 Å². The van der Waals surface area contributed by atoms with Gasteiger partial charge in [-0.05, 0) is 25.0 Å². The predicted molar refractivity (Wildman–Crippen MR) is 69.8 cm³/mol. The summed E-state index contributed by atoms with van der Waals surface area (Å²) in [6, 6.07) is 6.96. The molecular formula is C12H19ClN2O2. The molecule has 0 saturated heterocycles. The molecule has 0 spiro atoms. The molecule has 1 unspecified atom stereocenters. The molecule has 0 aliphatic carbocycles. The quantitative estimate of drug-likeness (QED) is 0.758. The number of benzene rings is 1. The van der Waals surface area contributed by atoms with E-state index in [0.29, 0.717) is 6.54 Å². The second-order valence-corrected chi connectivity index (χ2v) is 3.92. The van der Waals surface area contributed by atoms with Crippen molar-refractivity contribution in [1.82, 2.24) is 5.32 Å². The lowest BCUT2D eigenvalue weighted by atomic mass is 10.1. The fourth-order valence-electron chi connectivity index (χ4n) is 1.26. The first-order valence-electron chi connectivity index (χ1n) is 5.31. The van der Waals surface area contributed by atoms with Gasteiger partial charge in [-0.25, -0.2) is 0 Å². The van der Waals surface area contributed by atoms with Crippen molar-refractivity contribution in [3.05, 3.63) is 35.4 Å². The first-order chi connectivity index (χ1) is 7.50. The van der Waals surface area contributed by atoms with Crippen LogP contribution in [0.25, 0.3) is 0 Å². The molecule has 1 aromatic carbocycles. The first-order valence-corrected chi connectivity index (χ1v) is 5.31. The van der Waals surface area contributed by atoms with Crippen molar-refractivity contribution in [2.24, 2.45) is 5.73 Å². The normalized spacial score (nSPS) is 13.4. The number of rotatable bonds is 4. The second-order valence-electron chi connectivity index (χ2n) is 3.92. The zero-order valence-corrected chi connectivity index (χ0v) is 10.8. The molecule has 1 amide bonds. The molecule has 0 heterocycles. The molecule has 4 nitrogen and oxygen atoms in total. The van der Waals surface area contributed by atoms with Gasteiger partial charge in [0.25, 0.3) is 0 Å². The first kappa shape index (κ1) is 15.9. The van der Waals surface area contributed by atoms with E-state index in [1.165, 1.54) is 0 Å². The third-order valence-corrected chi connectivity index (χ3v) is 2.34. The topological polar surface area (TPSA) is 75.3 Å². The molecule has 5 heteroatoms. The number of aliphatic hydroxyl groups excluding tert-OH is 1. The number of hydrogen-bond acceptors (Lipinski definition) is 3. The van der Waals surface area contributed by atoms with Gasteiger partial charge in [-0.1, -0.05) is 24.3 Å². The summed E-state index contributed by atoms with van der Waals surface area (Å²) in [5.74, 6) is -0.167. The Morgan fingerprint density at radius 2 is 1.88 bits per heavy atom. The second kappa shape index (κ2) is 7.27. The van der Waals surface area contributed by atoms with E-state index in [-0.39, 0.29) is 18.3 Å². The highest BCUT2D eigenvalue weighted by molar-refractivity contribution is 5.85. The number of amides is 1. The van der Waals surface area contributed by atoms with Gasteiger partial charge in [0.15, 0.2) is 0 Å². The lowest BCUT2D eigenvalue weighted by molar-refractivity contribution is -0.122. The van der Waals surface area contributed by atoms with E-state index in [4.69, 9.17) is 5.73 Å². The average Bonchev–Trinajstić information content (AvgIpc) is 2.26. The van der Waals surface area contributed by atoms with Gasteiger partial charge in [0, 0.05) is 6.54 Å². The Morgan fingerprint density at radius 1 is 1.35 bits per heavy atom. The van der Waals surface area contributed by atoms with Crippen LogP contribution in [0.4, 0.5) is 0 Å². The van der Waals surface area contributed by atoms with Crippen LogP contribution in [0, 0.1) is 0 Å². The molecule has 4 N–H and O–H groups in total. The van der Waals surface area contributed by atoms with Crippen molar-refractivity contribution in [1.29, 1.82) is 0 Å². The molecule has 0 radical (unpaired) electrons. The number of carbonyl (C=O) groups excluding carboxylic acids is 1. The molecule has 17 heavy (non-hydrogen) atoms. The largest absolute Gasteiger partial charge is 0.389 e. The summed E-state index contributed by atoms with van der Waals surface area (Å²) >= 11 is 0. The summed E-state index contributed by atoms with van der Waals surface area (Å²) in [6.45, 7) is 3.82. The van der Waals surface area contributed by atoms with Gasteiger partial charge in [-0.15, -0.1) is 12.4 Å². The van der Waals surface area contributed by atoms with Crippen molar-refractivity contribution in [3.63, 3.8) is 0 Å². The number of halogens is 1. The predicted octanol–water partition coefficient (Wildman–Crippen LogP) is 1.13. The van der Waals surface area contributed by atoms with E-state index in [2.05, 4.69) is 5.32 Å². The van der Waals surface area contributed by atoms with Crippen molar-refractivity contribution >= 4 is 18.3 Å². The van der Waals surface area contributed by atoms with Crippen molar-refractivity contribution in [2.45, 2.75) is 32.5 Å². The van der Waals surface area contributed by atoms with Crippen LogP contribution in [-0.4, -0.2) is 17.1 Å². The molecule has 0 aromatic heterocycles. The van der Waals surface area contributed by atoms with Gasteiger partial charge in [0.1, 0.15) is 0 Å². The van der Waals surface area contributed by atoms with Crippen LogP contribution in [0.3, 0.4) is 0 Å². The molecule has 0 bridgehead atoms. The molecule has 0 aliphatic rings. The molecule has 2 atom stereocenters. The SMILES string of the molecule is CC(O)c1ccc(CNC(=O)[C@@H](C)N)cc1.Cl. The fourth-order valence-corrected chi connectivity index (χ4v) is 1.26. The highest BCUT2D eigenvalue weighted by Crippen LogP contribution is 2.12. The molecule has 1 aromatic rings. The van der Waals surface area contributed by atoms with Crippen molar-refractivity contribution in [2.75, 3.05) is 0 Å². The summed E-state index contributed by atoms with van der Waals surface area (Å²) in [7, 11) is 0. The van der Waals surface area contributed by atoms with Crippen LogP contribution in [0.1, 0.15) is 31.1 Å². The summed E-state index contributed by atoms with van der Waals surface area (Å²) in [5, 5.41) is 12.0. The smallest absolute Gasteiger partial charge is 0.236 e. The summed E-state index contributed by atoms with van der Waals surface area (Å²) in [6.07, 6.45) is -0.465. The van der Waals surface area contributed by atoms with E-state index in [0.717, 1.165) is 11.1 Å². The Balaban J connectivity index is 0.00000256. The Kier molecular flexibility index (Phi) is 6.80. The Labute approximate surface area is 108 Å². The van der Waals surface area contributed by atoms with Crippen LogP contribution in [0.15, 0.2) is 24.3 Å². The zero-order chi connectivity index (χ0) is 12.1. The highest BCUT2D eigenvalue weighted by atomic mass is 35.5. The van der Waals surface area contributed by atoms with Gasteiger partial charge in [0.2, 0.25) is 5.91 Å². The van der Waals surface area contributed by atoms with Gasteiger partial charge in [-0.3, -0.25) is 4.79 Å². The standard InChI is InChI=1S/C12H18N2O2.ClH/c1-8(13)12(16)14-7-10-3-5-11(6-4-10)9(2)15;/h3-6,8-9,15H,7,13H2,1-2H3,(H,14,16);1H/t8-,9?;/m1./s1. The highest BCUT2D eigenvalue weighted by Gasteiger charge is 2.06. The minimum absolute atomic E-state index is 0.